The molecule has 3 N–H and O–H groups in total. The molecule has 250 valence electrons. The second kappa shape index (κ2) is 14.4. The summed E-state index contributed by atoms with van der Waals surface area (Å²) in [4.78, 5) is 42.1. The van der Waals surface area contributed by atoms with Crippen molar-refractivity contribution < 1.29 is 27.5 Å². The van der Waals surface area contributed by atoms with Crippen LogP contribution >= 0.6 is 11.6 Å². The van der Waals surface area contributed by atoms with Crippen molar-refractivity contribution in [2.24, 2.45) is 11.7 Å². The largest absolute Gasteiger partial charge is 0.482 e. The number of halogens is 4. The van der Waals surface area contributed by atoms with E-state index in [2.05, 4.69) is 35.9 Å². The van der Waals surface area contributed by atoms with E-state index in [9.17, 15) is 22.8 Å². The number of rotatable bonds is 7. The number of aldehydes is 1. The van der Waals surface area contributed by atoms with Gasteiger partial charge in [-0.15, -0.1) is 0 Å². The first-order valence-electron chi connectivity index (χ1n) is 15.0. The quantitative estimate of drug-likeness (QED) is 0.189. The fraction of sp³-hybridized carbons (Fsp3) is 0.303. The van der Waals surface area contributed by atoms with E-state index in [0.717, 1.165) is 29.7 Å². The van der Waals surface area contributed by atoms with Crippen LogP contribution in [0.3, 0.4) is 0 Å². The Labute approximate surface area is 278 Å². The molecule has 11 nitrogen and oxygen atoms in total. The van der Waals surface area contributed by atoms with Gasteiger partial charge in [0.25, 0.3) is 0 Å². The summed E-state index contributed by atoms with van der Waals surface area (Å²) in [6.07, 6.45) is 4.81. The Balaban J connectivity index is 0.000000321. The van der Waals surface area contributed by atoms with Crippen LogP contribution in [-0.4, -0.2) is 55.5 Å². The van der Waals surface area contributed by atoms with E-state index in [1.54, 1.807) is 12.1 Å². The van der Waals surface area contributed by atoms with E-state index in [1.165, 1.54) is 50.0 Å². The Bertz CT molecular complexity index is 1920. The molecule has 4 aromatic heterocycles. The molecule has 0 unspecified atom stereocenters. The Kier molecular flexibility index (Phi) is 10.3. The molecule has 0 spiro atoms. The van der Waals surface area contributed by atoms with Gasteiger partial charge in [-0.1, -0.05) is 31.5 Å². The Hall–Kier alpha value is -4.95. The van der Waals surface area contributed by atoms with Crippen molar-refractivity contribution >= 4 is 40.5 Å². The maximum absolute atomic E-state index is 14.6. The molecule has 15 heteroatoms. The maximum atomic E-state index is 14.6. The van der Waals surface area contributed by atoms with Crippen LogP contribution in [0.1, 0.15) is 60.2 Å². The van der Waals surface area contributed by atoms with Crippen LogP contribution < -0.4 is 15.4 Å². The van der Waals surface area contributed by atoms with Gasteiger partial charge >= 0.3 is 12.0 Å². The lowest BCUT2D eigenvalue weighted by Gasteiger charge is -2.33. The van der Waals surface area contributed by atoms with Crippen molar-refractivity contribution in [2.75, 3.05) is 11.9 Å². The number of carbonyl (C=O) groups is 2. The summed E-state index contributed by atoms with van der Waals surface area (Å²) in [5, 5.41) is 7.73. The number of benzene rings is 1. The smallest absolute Gasteiger partial charge is 0.423 e. The number of amides is 1. The number of aromatic nitrogens is 6. The number of carbonyl (C=O) groups excluding carboxylic acids is 2. The molecule has 1 aliphatic heterocycles. The minimum Gasteiger partial charge on any atom is -0.423 e. The number of hydrogen-bond acceptors (Lipinski definition) is 9. The summed E-state index contributed by atoms with van der Waals surface area (Å²) >= 11 is 5.80. The topological polar surface area (TPSA) is 153 Å². The highest BCUT2D eigenvalue weighted by Crippen LogP contribution is 2.44. The van der Waals surface area contributed by atoms with E-state index < -0.39 is 12.0 Å². The number of anilines is 1. The van der Waals surface area contributed by atoms with Crippen molar-refractivity contribution in [1.29, 1.82) is 0 Å². The summed E-state index contributed by atoms with van der Waals surface area (Å²) in [5.41, 5.74) is 8.01. The third kappa shape index (κ3) is 7.44. The van der Waals surface area contributed by atoms with E-state index in [1.807, 2.05) is 13.8 Å². The number of nitrogens with two attached hydrogens (primary N) is 1. The second-order valence-corrected chi connectivity index (χ2v) is 11.7. The fourth-order valence-corrected chi connectivity index (χ4v) is 5.19. The zero-order valence-corrected chi connectivity index (χ0v) is 27.0. The first-order chi connectivity index (χ1) is 23.0. The molecule has 5 aromatic rings. The van der Waals surface area contributed by atoms with E-state index in [4.69, 9.17) is 16.3 Å². The lowest BCUT2D eigenvalue weighted by atomic mass is 9.94. The van der Waals surface area contributed by atoms with E-state index in [-0.39, 0.29) is 34.6 Å². The first-order valence-corrected chi connectivity index (χ1v) is 15.4. The molecule has 0 saturated heterocycles. The third-order valence-electron chi connectivity index (χ3n) is 7.60. The fourth-order valence-electron chi connectivity index (χ4n) is 5.09. The molecule has 48 heavy (non-hydrogen) atoms. The van der Waals surface area contributed by atoms with Crippen molar-refractivity contribution in [3.8, 4) is 16.9 Å². The van der Waals surface area contributed by atoms with Gasteiger partial charge in [0.1, 0.15) is 11.6 Å². The predicted octanol–water partition coefficient (Wildman–Crippen LogP) is 6.27. The van der Waals surface area contributed by atoms with Gasteiger partial charge in [-0.25, -0.2) is 19.3 Å². The van der Waals surface area contributed by atoms with Crippen molar-refractivity contribution in [3.05, 3.63) is 88.7 Å². The Morgan fingerprint density at radius 3 is 2.46 bits per heavy atom. The zero-order chi connectivity index (χ0) is 34.6. The van der Waals surface area contributed by atoms with Gasteiger partial charge in [-0.05, 0) is 68.0 Å². The molecule has 5 heterocycles. The third-order valence-corrected chi connectivity index (χ3v) is 7.79. The number of hydrogen-bond donors (Lipinski definition) is 2. The number of nitrogens with zero attached hydrogens (tertiary/aromatic N) is 6. The summed E-state index contributed by atoms with van der Waals surface area (Å²) in [6, 6.07) is 7.67. The van der Waals surface area contributed by atoms with Crippen LogP contribution in [0, 0.1) is 11.7 Å². The molecular weight excluding hydrogens is 649 g/mol. The highest BCUT2D eigenvalue weighted by atomic mass is 35.5. The average molecular weight is 681 g/mol. The van der Waals surface area contributed by atoms with Crippen molar-refractivity contribution in [1.82, 2.24) is 30.1 Å². The number of alkyl halides is 2. The molecule has 7 rings (SSSR count). The van der Waals surface area contributed by atoms with Gasteiger partial charge in [0.2, 0.25) is 0 Å². The Morgan fingerprint density at radius 2 is 1.83 bits per heavy atom. The number of aromatic amines is 1. The number of fused-ring (bicyclic) bond motifs is 2. The van der Waals surface area contributed by atoms with Crippen LogP contribution in [0.4, 0.5) is 18.9 Å². The van der Waals surface area contributed by atoms with E-state index >= 15 is 0 Å². The van der Waals surface area contributed by atoms with Gasteiger partial charge in [0.15, 0.2) is 17.7 Å². The second-order valence-electron chi connectivity index (χ2n) is 11.3. The lowest BCUT2D eigenvalue weighted by Crippen LogP contribution is -2.50. The van der Waals surface area contributed by atoms with Gasteiger partial charge in [0, 0.05) is 34.6 Å². The van der Waals surface area contributed by atoms with Crippen LogP contribution in [-0.2, 0) is 17.8 Å². The molecule has 1 aromatic carbocycles. The van der Waals surface area contributed by atoms with Crippen LogP contribution in [0.2, 0.25) is 5.02 Å². The minimum atomic E-state index is -4.11. The molecule has 1 amide bonds. The van der Waals surface area contributed by atoms with Crippen molar-refractivity contribution in [2.45, 2.75) is 51.7 Å². The number of H-pyrrole nitrogens is 1. The molecule has 1 aliphatic carbocycles. The molecular formula is C33H32ClF3N8O3. The number of nitrogens with one attached hydrogen (secondary N) is 1. The summed E-state index contributed by atoms with van der Waals surface area (Å²) < 4.78 is 46.4. The molecule has 1 fully saturated rings. The van der Waals surface area contributed by atoms with Crippen molar-refractivity contribution in [3.63, 3.8) is 0 Å². The molecule has 1 saturated carbocycles. The number of pyridine rings is 2. The zero-order valence-electron chi connectivity index (χ0n) is 26.3. The monoisotopic (exact) mass is 680 g/mol. The van der Waals surface area contributed by atoms with Gasteiger partial charge in [0.05, 0.1) is 35.3 Å². The number of ether oxygens (including phenoxy) is 1. The van der Waals surface area contributed by atoms with Gasteiger partial charge < -0.3 is 10.5 Å². The highest BCUT2D eigenvalue weighted by molar-refractivity contribution is 6.30. The molecule has 0 bridgehead atoms. The molecule has 0 atom stereocenters. The van der Waals surface area contributed by atoms with E-state index in [0.29, 0.717) is 51.7 Å². The minimum absolute atomic E-state index is 0.122. The first kappa shape index (κ1) is 34.4. The summed E-state index contributed by atoms with van der Waals surface area (Å²) in [6.45, 7) is 3.74. The van der Waals surface area contributed by atoms with Crippen LogP contribution in [0.25, 0.3) is 22.2 Å². The highest BCUT2D eigenvalue weighted by Gasteiger charge is 2.50. The normalized spacial score (nSPS) is 14.8. The Morgan fingerprint density at radius 1 is 1.10 bits per heavy atom. The maximum Gasteiger partial charge on any atom is 0.482 e. The summed E-state index contributed by atoms with van der Waals surface area (Å²) in [5.74, 6) is -1.07. The van der Waals surface area contributed by atoms with Gasteiger partial charge in [-0.3, -0.25) is 24.6 Å². The molecule has 0 radical (unpaired) electrons. The predicted molar refractivity (Wildman–Crippen MR) is 173 cm³/mol. The molecule has 2 aliphatic rings. The van der Waals surface area contributed by atoms with Crippen LogP contribution in [0.5, 0.6) is 5.75 Å². The van der Waals surface area contributed by atoms with Crippen LogP contribution in [0.15, 0.2) is 55.1 Å². The standard InChI is InChI=1S/C24H17ClF2N6O3.C8H10FN.CH5N/c25-14-7-28-20(29-8-14)10-33-18-4-3-13(6-19(18)36-24(26,27)23(33)35)21-15-9-30-32-22(15)31-17(16(21)11-34)5-12-1-2-12;1-6(2)8-4-3-7(9)5-10-8;1-2/h3-4,6-9,11-12H,1-2,5,10H2,(H,30,31,32);3-6H,1-2H3;2H2,1H3. The lowest BCUT2D eigenvalue weighted by molar-refractivity contribution is -0.193. The SMILES string of the molecule is CC(C)c1ccc(F)cn1.CN.O=Cc1c(CC2CC2)nc2[nH]ncc2c1-c1ccc2c(c1)OC(F)(F)C(=O)N2Cc1ncc(Cl)cn1. The summed E-state index contributed by atoms with van der Waals surface area (Å²) in [7, 11) is 1.50. The van der Waals surface area contributed by atoms with Gasteiger partial charge in [-0.2, -0.15) is 13.9 Å². The average Bonchev–Trinajstić information content (AvgIpc) is 3.77.